The largest absolute Gasteiger partial charge is 0.394 e. The van der Waals surface area contributed by atoms with Gasteiger partial charge < -0.3 is 48.1 Å². The number of hydrogen-bond acceptors (Lipinski definition) is 10. The van der Waals surface area contributed by atoms with Crippen molar-refractivity contribution in [2.45, 2.75) is 144 Å². The lowest BCUT2D eigenvalue weighted by Crippen LogP contribution is -2.52. The molecule has 5 saturated heterocycles. The average molecular weight is 499 g/mol. The highest BCUT2D eigenvalue weighted by atomic mass is 16.9. The molecule has 5 heterocycles. The van der Waals surface area contributed by atoms with Crippen molar-refractivity contribution >= 4 is 0 Å². The van der Waals surface area contributed by atoms with Crippen molar-refractivity contribution in [1.29, 1.82) is 0 Å². The Morgan fingerprint density at radius 2 is 1.11 bits per heavy atom. The molecule has 8 aliphatic rings. The van der Waals surface area contributed by atoms with Gasteiger partial charge in [0.1, 0.15) is 36.6 Å². The first-order valence-electron chi connectivity index (χ1n) is 13.6. The minimum absolute atomic E-state index is 0.0215. The van der Waals surface area contributed by atoms with Crippen LogP contribution >= 0.6 is 0 Å². The van der Waals surface area contributed by atoms with E-state index in [1.807, 2.05) is 0 Å². The van der Waals surface area contributed by atoms with Gasteiger partial charge in [-0.25, -0.2) is 0 Å². The van der Waals surface area contributed by atoms with Crippen LogP contribution in [0.4, 0.5) is 0 Å². The highest BCUT2D eigenvalue weighted by molar-refractivity contribution is 5.01. The zero-order chi connectivity index (χ0) is 23.7. The average Bonchev–Trinajstić information content (AvgIpc) is 3.70. The second kappa shape index (κ2) is 8.83. The van der Waals surface area contributed by atoms with E-state index in [-0.39, 0.29) is 42.8 Å². The van der Waals surface area contributed by atoms with Crippen LogP contribution in [-0.2, 0) is 37.9 Å². The Kier molecular flexibility index (Phi) is 5.98. The third kappa shape index (κ3) is 4.00. The van der Waals surface area contributed by atoms with Crippen LogP contribution in [-0.4, -0.2) is 90.0 Å². The molecule has 35 heavy (non-hydrogen) atoms. The lowest BCUT2D eigenvalue weighted by atomic mass is 10.1. The lowest BCUT2D eigenvalue weighted by molar-refractivity contribution is -0.332. The summed E-state index contributed by atoms with van der Waals surface area (Å²) in [5.41, 5.74) is 0. The summed E-state index contributed by atoms with van der Waals surface area (Å²) in [5.74, 6) is -1.27. The fourth-order valence-corrected chi connectivity index (χ4v) is 7.23. The molecule has 3 aliphatic carbocycles. The van der Waals surface area contributed by atoms with Gasteiger partial charge in [-0.2, -0.15) is 0 Å². The lowest BCUT2D eigenvalue weighted by Gasteiger charge is -2.41. The molecule has 0 aromatic rings. The van der Waals surface area contributed by atoms with Crippen LogP contribution in [0.15, 0.2) is 0 Å². The molecule has 10 heteroatoms. The molecule has 0 bridgehead atoms. The van der Waals surface area contributed by atoms with Crippen LogP contribution in [0.3, 0.4) is 0 Å². The summed E-state index contributed by atoms with van der Waals surface area (Å²) in [6.45, 7) is 0.408. The topological polar surface area (TPSA) is 114 Å². The minimum atomic E-state index is -0.778. The molecule has 3 saturated carbocycles. The second-order valence-electron chi connectivity index (χ2n) is 11.4. The van der Waals surface area contributed by atoms with Gasteiger partial charge in [-0.1, -0.05) is 0 Å². The Balaban J connectivity index is 0.000000126. The van der Waals surface area contributed by atoms with Gasteiger partial charge in [0.05, 0.1) is 13.2 Å². The number of fused-ring (bicyclic) bond motifs is 4. The van der Waals surface area contributed by atoms with E-state index in [1.165, 1.54) is 25.7 Å². The molecule has 198 valence electrons. The number of rotatable bonds is 1. The van der Waals surface area contributed by atoms with Gasteiger partial charge in [-0.3, -0.25) is 0 Å². The fourth-order valence-electron chi connectivity index (χ4n) is 7.23. The number of aliphatic hydroxyl groups excluding tert-OH is 2. The van der Waals surface area contributed by atoms with Crippen molar-refractivity contribution < 1.29 is 48.1 Å². The Bertz CT molecular complexity index is 774. The van der Waals surface area contributed by atoms with Crippen molar-refractivity contribution in [2.24, 2.45) is 0 Å². The van der Waals surface area contributed by atoms with Crippen LogP contribution in [0.5, 0.6) is 0 Å². The number of hydrogen-bond donors (Lipinski definition) is 2. The summed E-state index contributed by atoms with van der Waals surface area (Å²) in [6, 6.07) is 0. The summed E-state index contributed by atoms with van der Waals surface area (Å²) < 4.78 is 47.5. The highest BCUT2D eigenvalue weighted by Gasteiger charge is 2.62. The molecule has 2 N–H and O–H groups in total. The van der Waals surface area contributed by atoms with Crippen LogP contribution in [0.25, 0.3) is 0 Å². The monoisotopic (exact) mass is 498 g/mol. The zero-order valence-electron chi connectivity index (χ0n) is 20.2. The molecule has 8 atom stereocenters. The maximum atomic E-state index is 9.81. The third-order valence-electron chi connectivity index (χ3n) is 9.06. The summed E-state index contributed by atoms with van der Waals surface area (Å²) in [5, 5.41) is 18.8. The van der Waals surface area contributed by atoms with Crippen LogP contribution in [0, 0.1) is 0 Å². The minimum Gasteiger partial charge on any atom is -0.394 e. The van der Waals surface area contributed by atoms with Gasteiger partial charge in [-0.15, -0.1) is 0 Å². The number of aliphatic hydroxyl groups is 2. The summed E-state index contributed by atoms with van der Waals surface area (Å²) in [4.78, 5) is 0. The Hall–Kier alpha value is -0.400. The molecule has 8 rings (SSSR count). The van der Waals surface area contributed by atoms with Crippen LogP contribution < -0.4 is 0 Å². The predicted octanol–water partition coefficient (Wildman–Crippen LogP) is 1.83. The van der Waals surface area contributed by atoms with E-state index < -0.39 is 30.4 Å². The molecular weight excluding hydrogens is 460 g/mol. The van der Waals surface area contributed by atoms with E-state index in [4.69, 9.17) is 43.0 Å². The molecule has 8 fully saturated rings. The normalized spacial score (nSPS) is 47.8. The fraction of sp³-hybridized carbons (Fsp3) is 1.00. The summed E-state index contributed by atoms with van der Waals surface area (Å²) in [7, 11) is 0. The first-order chi connectivity index (χ1) is 17.0. The molecule has 3 spiro atoms. The van der Waals surface area contributed by atoms with E-state index in [0.29, 0.717) is 6.61 Å². The van der Waals surface area contributed by atoms with E-state index in [2.05, 4.69) is 0 Å². The van der Waals surface area contributed by atoms with Crippen molar-refractivity contribution in [1.82, 2.24) is 0 Å². The van der Waals surface area contributed by atoms with Crippen LogP contribution in [0.1, 0.15) is 77.0 Å². The SMILES string of the molecule is C1CCC2(C1)OC[C@H]1O[C@@H]3OC4(CCCC4)O[C@@H]3[C@H]1O2.OC[C@H]1O[C@@H]2OC3(CCCC3)O[C@@H]2[C@H]1O. The molecule has 0 amide bonds. The smallest absolute Gasteiger partial charge is 0.190 e. The van der Waals surface area contributed by atoms with Gasteiger partial charge in [-0.05, 0) is 38.5 Å². The first-order valence-corrected chi connectivity index (χ1v) is 13.6. The van der Waals surface area contributed by atoms with Crippen LogP contribution in [0.2, 0.25) is 0 Å². The molecule has 10 nitrogen and oxygen atoms in total. The van der Waals surface area contributed by atoms with Gasteiger partial charge in [0, 0.05) is 38.5 Å². The van der Waals surface area contributed by atoms with E-state index >= 15 is 0 Å². The molecule has 0 aromatic carbocycles. The number of ether oxygens (including phenoxy) is 8. The molecule has 0 unspecified atom stereocenters. The van der Waals surface area contributed by atoms with Gasteiger partial charge in [0.25, 0.3) is 0 Å². The van der Waals surface area contributed by atoms with E-state index in [0.717, 1.165) is 51.4 Å². The maximum absolute atomic E-state index is 9.81. The zero-order valence-corrected chi connectivity index (χ0v) is 20.2. The second-order valence-corrected chi connectivity index (χ2v) is 11.4. The van der Waals surface area contributed by atoms with Gasteiger partial charge in [0.2, 0.25) is 0 Å². The van der Waals surface area contributed by atoms with Crippen molar-refractivity contribution in [3.63, 3.8) is 0 Å². The Morgan fingerprint density at radius 3 is 1.69 bits per heavy atom. The third-order valence-corrected chi connectivity index (χ3v) is 9.06. The highest BCUT2D eigenvalue weighted by Crippen LogP contribution is 2.50. The van der Waals surface area contributed by atoms with Crippen molar-refractivity contribution in [3.05, 3.63) is 0 Å². The Labute approximate surface area is 205 Å². The predicted molar refractivity (Wildman–Crippen MR) is 117 cm³/mol. The van der Waals surface area contributed by atoms with Gasteiger partial charge in [0.15, 0.2) is 29.9 Å². The summed E-state index contributed by atoms with van der Waals surface area (Å²) >= 11 is 0. The molecule has 5 aliphatic heterocycles. The van der Waals surface area contributed by atoms with E-state index in [1.54, 1.807) is 0 Å². The van der Waals surface area contributed by atoms with Crippen molar-refractivity contribution in [3.8, 4) is 0 Å². The Morgan fingerprint density at radius 1 is 0.600 bits per heavy atom. The summed E-state index contributed by atoms with van der Waals surface area (Å²) in [6.07, 6.45) is 9.99. The molecule has 0 radical (unpaired) electrons. The van der Waals surface area contributed by atoms with Gasteiger partial charge >= 0.3 is 0 Å². The quantitative estimate of drug-likeness (QED) is 0.555. The maximum Gasteiger partial charge on any atom is 0.190 e. The first kappa shape index (κ1) is 23.7. The van der Waals surface area contributed by atoms with E-state index in [9.17, 15) is 5.11 Å². The standard InChI is InChI=1S/C15H22O5.C10H16O5/c1-2-6-14(5-1)16-9-10-11(18-14)12-13(17-10)20-15(19-12)7-3-4-8-15;11-5-6-7(12)8-9(13-6)15-10(14-8)3-1-2-4-10/h10-13H,1-9H2;6-9,11-12H,1-5H2/t10-,11+,12-,13-;6-,7+,8-,9-/m11/s1. The molecular formula is C25H38O10. The van der Waals surface area contributed by atoms with Crippen molar-refractivity contribution in [2.75, 3.05) is 13.2 Å². The molecule has 0 aromatic heterocycles.